The fourth-order valence-corrected chi connectivity index (χ4v) is 3.57. The van der Waals surface area contributed by atoms with E-state index in [0.717, 1.165) is 11.3 Å². The lowest BCUT2D eigenvalue weighted by atomic mass is 9.97. The summed E-state index contributed by atoms with van der Waals surface area (Å²) in [6, 6.07) is 8.43. The lowest BCUT2D eigenvalue weighted by Crippen LogP contribution is -2.17. The second kappa shape index (κ2) is 5.72. The summed E-state index contributed by atoms with van der Waals surface area (Å²) in [4.78, 5) is 17.0. The number of aromatic nitrogens is 1. The maximum absolute atomic E-state index is 12.0. The van der Waals surface area contributed by atoms with E-state index in [9.17, 15) is 15.2 Å². The summed E-state index contributed by atoms with van der Waals surface area (Å²) in [6.07, 6.45) is 0. The molecule has 2 heterocycles. The van der Waals surface area contributed by atoms with Crippen LogP contribution >= 0.6 is 11.3 Å². The zero-order valence-corrected chi connectivity index (χ0v) is 13.4. The van der Waals surface area contributed by atoms with Crippen LogP contribution in [0.3, 0.4) is 0 Å². The molecule has 8 heteroatoms. The summed E-state index contributed by atoms with van der Waals surface area (Å²) >= 11 is 1.10. The minimum absolute atomic E-state index is 0.0419. The summed E-state index contributed by atoms with van der Waals surface area (Å²) in [6.45, 7) is 0. The van der Waals surface area contributed by atoms with Crippen molar-refractivity contribution in [3.8, 4) is 22.9 Å². The molecule has 120 valence electrons. The van der Waals surface area contributed by atoms with E-state index in [-0.39, 0.29) is 28.7 Å². The highest BCUT2D eigenvalue weighted by atomic mass is 32.1. The number of pyridine rings is 1. The molecule has 0 atom stereocenters. The van der Waals surface area contributed by atoms with Gasteiger partial charge in [-0.15, -0.1) is 11.3 Å². The first kappa shape index (κ1) is 15.6. The van der Waals surface area contributed by atoms with Gasteiger partial charge < -0.3 is 21.9 Å². The van der Waals surface area contributed by atoms with Crippen LogP contribution in [-0.4, -0.2) is 23.0 Å². The first-order valence-electron chi connectivity index (χ1n) is 6.91. The van der Waals surface area contributed by atoms with E-state index >= 15 is 0 Å². The highest BCUT2D eigenvalue weighted by molar-refractivity contribution is 7.21. The molecule has 0 aliphatic carbocycles. The fraction of sp³-hybridized carbons (Fsp3) is 0.0625. The third kappa shape index (κ3) is 2.28. The van der Waals surface area contributed by atoms with Crippen molar-refractivity contribution in [3.05, 3.63) is 34.7 Å². The first-order valence-corrected chi connectivity index (χ1v) is 7.72. The number of nitrogen functional groups attached to an aromatic ring is 2. The number of nitrogens with two attached hydrogens (primary N) is 2. The maximum Gasteiger partial charge on any atom is 0.263 e. The zero-order valence-electron chi connectivity index (χ0n) is 12.6. The predicted octanol–water partition coefficient (Wildman–Crippen LogP) is 2.06. The van der Waals surface area contributed by atoms with E-state index in [0.29, 0.717) is 26.2 Å². The SMILES string of the molecule is CNC(=O)c1sc2nc(N)c(C#N)c(-c3cccc(O)c3)c2c1N. The normalized spacial score (nSPS) is 10.5. The van der Waals surface area contributed by atoms with Gasteiger partial charge in [0.15, 0.2) is 0 Å². The number of anilines is 2. The Morgan fingerprint density at radius 1 is 1.42 bits per heavy atom. The molecule has 0 fully saturated rings. The number of hydrogen-bond donors (Lipinski definition) is 4. The Labute approximate surface area is 141 Å². The number of carbonyl (C=O) groups is 1. The zero-order chi connectivity index (χ0) is 17.4. The molecular weight excluding hydrogens is 326 g/mol. The lowest BCUT2D eigenvalue weighted by Gasteiger charge is -2.10. The van der Waals surface area contributed by atoms with E-state index < -0.39 is 0 Å². The minimum atomic E-state index is -0.338. The van der Waals surface area contributed by atoms with Crippen molar-refractivity contribution < 1.29 is 9.90 Å². The van der Waals surface area contributed by atoms with Gasteiger partial charge in [-0.05, 0) is 17.7 Å². The van der Waals surface area contributed by atoms with Gasteiger partial charge in [-0.2, -0.15) is 5.26 Å². The first-order chi connectivity index (χ1) is 11.5. The van der Waals surface area contributed by atoms with E-state index in [1.807, 2.05) is 6.07 Å². The van der Waals surface area contributed by atoms with Crippen LogP contribution in [0.1, 0.15) is 15.2 Å². The van der Waals surface area contributed by atoms with Crippen LogP contribution in [0.2, 0.25) is 0 Å². The van der Waals surface area contributed by atoms with Gasteiger partial charge in [0.1, 0.15) is 32.9 Å². The van der Waals surface area contributed by atoms with E-state index in [1.165, 1.54) is 19.2 Å². The smallest absolute Gasteiger partial charge is 0.263 e. The fourth-order valence-electron chi connectivity index (χ4n) is 2.52. The van der Waals surface area contributed by atoms with Crippen LogP contribution in [0, 0.1) is 11.3 Å². The van der Waals surface area contributed by atoms with Crippen molar-refractivity contribution in [3.63, 3.8) is 0 Å². The molecule has 0 radical (unpaired) electrons. The molecule has 2 aromatic heterocycles. The number of aromatic hydroxyl groups is 1. The van der Waals surface area contributed by atoms with E-state index in [2.05, 4.69) is 10.3 Å². The van der Waals surface area contributed by atoms with Crippen LogP contribution in [0.4, 0.5) is 11.5 Å². The average Bonchev–Trinajstić information content (AvgIpc) is 2.89. The molecule has 24 heavy (non-hydrogen) atoms. The van der Waals surface area contributed by atoms with Crippen LogP contribution in [0.5, 0.6) is 5.75 Å². The van der Waals surface area contributed by atoms with Crippen molar-refractivity contribution in [2.75, 3.05) is 18.5 Å². The number of thiophene rings is 1. The van der Waals surface area contributed by atoms with Crippen LogP contribution in [0.15, 0.2) is 24.3 Å². The largest absolute Gasteiger partial charge is 0.508 e. The van der Waals surface area contributed by atoms with Crippen molar-refractivity contribution in [2.45, 2.75) is 0 Å². The summed E-state index contributed by atoms with van der Waals surface area (Å²) in [7, 11) is 1.50. The number of hydrogen-bond acceptors (Lipinski definition) is 7. The number of nitrogens with zero attached hydrogens (tertiary/aromatic N) is 2. The Kier molecular flexibility index (Phi) is 3.71. The summed E-state index contributed by atoms with van der Waals surface area (Å²) in [5.41, 5.74) is 13.5. The second-order valence-electron chi connectivity index (χ2n) is 5.01. The molecule has 1 amide bonds. The summed E-state index contributed by atoms with van der Waals surface area (Å²) in [5, 5.41) is 22.3. The number of nitriles is 1. The third-order valence-corrected chi connectivity index (χ3v) is 4.68. The quantitative estimate of drug-likeness (QED) is 0.564. The number of rotatable bonds is 2. The molecule has 0 unspecified atom stereocenters. The Morgan fingerprint density at radius 2 is 2.17 bits per heavy atom. The van der Waals surface area contributed by atoms with Gasteiger partial charge in [-0.1, -0.05) is 12.1 Å². The van der Waals surface area contributed by atoms with Gasteiger partial charge in [0.2, 0.25) is 0 Å². The summed E-state index contributed by atoms with van der Waals surface area (Å²) < 4.78 is 0. The molecule has 0 saturated heterocycles. The Balaban J connectivity index is 2.47. The molecule has 0 aliphatic heterocycles. The molecule has 0 saturated carbocycles. The van der Waals surface area contributed by atoms with Gasteiger partial charge in [0.25, 0.3) is 5.91 Å². The van der Waals surface area contributed by atoms with Crippen LogP contribution < -0.4 is 16.8 Å². The molecule has 0 bridgehead atoms. The maximum atomic E-state index is 12.0. The second-order valence-corrected chi connectivity index (χ2v) is 6.01. The number of nitrogens with one attached hydrogen (secondary N) is 1. The molecule has 7 nitrogen and oxygen atoms in total. The predicted molar refractivity (Wildman–Crippen MR) is 93.7 cm³/mol. The molecule has 1 aromatic carbocycles. The topological polar surface area (TPSA) is 138 Å². The number of carbonyl (C=O) groups excluding carboxylic acids is 1. The molecular formula is C16H13N5O2S. The third-order valence-electron chi connectivity index (χ3n) is 3.58. The van der Waals surface area contributed by atoms with Gasteiger partial charge in [0, 0.05) is 18.0 Å². The highest BCUT2D eigenvalue weighted by Crippen LogP contribution is 2.42. The Morgan fingerprint density at radius 3 is 2.79 bits per heavy atom. The van der Waals surface area contributed by atoms with Gasteiger partial charge in [0.05, 0.1) is 5.69 Å². The molecule has 3 aromatic rings. The van der Waals surface area contributed by atoms with Crippen molar-refractivity contribution >= 4 is 39.0 Å². The van der Waals surface area contributed by atoms with Crippen LogP contribution in [0.25, 0.3) is 21.3 Å². The average molecular weight is 339 g/mol. The molecule has 6 N–H and O–H groups in total. The number of phenolic OH excluding ortho intramolecular Hbond substituents is 1. The monoisotopic (exact) mass is 339 g/mol. The van der Waals surface area contributed by atoms with Crippen molar-refractivity contribution in [2.24, 2.45) is 0 Å². The molecule has 0 spiro atoms. The molecule has 0 aliphatic rings. The number of fused-ring (bicyclic) bond motifs is 1. The number of amides is 1. The van der Waals surface area contributed by atoms with Gasteiger partial charge in [-0.25, -0.2) is 4.98 Å². The Bertz CT molecular complexity index is 1020. The number of benzene rings is 1. The Hall–Kier alpha value is -3.31. The highest BCUT2D eigenvalue weighted by Gasteiger charge is 2.23. The van der Waals surface area contributed by atoms with Gasteiger partial charge >= 0.3 is 0 Å². The van der Waals surface area contributed by atoms with E-state index in [4.69, 9.17) is 11.5 Å². The van der Waals surface area contributed by atoms with Crippen molar-refractivity contribution in [1.29, 1.82) is 5.26 Å². The summed E-state index contributed by atoms with van der Waals surface area (Å²) in [5.74, 6) is -0.247. The lowest BCUT2D eigenvalue weighted by molar-refractivity contribution is 0.0968. The van der Waals surface area contributed by atoms with Crippen LogP contribution in [-0.2, 0) is 0 Å². The minimum Gasteiger partial charge on any atom is -0.508 e. The molecule has 3 rings (SSSR count). The van der Waals surface area contributed by atoms with Gasteiger partial charge in [-0.3, -0.25) is 4.79 Å². The van der Waals surface area contributed by atoms with E-state index in [1.54, 1.807) is 12.1 Å². The number of phenols is 1. The van der Waals surface area contributed by atoms with Crippen molar-refractivity contribution in [1.82, 2.24) is 10.3 Å². The standard InChI is InChI=1S/C16H13N5O2S/c1-20-15(23)13-12(18)11-10(7-3-2-4-8(22)5-7)9(6-17)14(19)21-16(11)24-13/h2-5,22H,18H2,1H3,(H2,19,21)(H,20,23).